The van der Waals surface area contributed by atoms with E-state index in [0.29, 0.717) is 0 Å². The second-order valence-electron chi connectivity index (χ2n) is 3.55. The average molecular weight is 210 g/mol. The molecule has 0 bridgehead atoms. The molecule has 0 fully saturated rings. The molecule has 3 aromatic rings. The molecular weight excluding hydrogens is 196 g/mol. The van der Waals surface area contributed by atoms with Gasteiger partial charge in [0, 0.05) is 0 Å². The largest absolute Gasteiger partial charge is 0.274 e. The first-order valence-electron chi connectivity index (χ1n) is 5.14. The normalized spacial score (nSPS) is 9.88. The van der Waals surface area contributed by atoms with Crippen molar-refractivity contribution in [2.45, 2.75) is 0 Å². The van der Waals surface area contributed by atoms with Gasteiger partial charge in [0.05, 0.1) is 0 Å². The van der Waals surface area contributed by atoms with E-state index in [1.807, 2.05) is 0 Å². The number of rotatable bonds is 0. The van der Waals surface area contributed by atoms with E-state index >= 15 is 0 Å². The first kappa shape index (κ1) is 10.6. The van der Waals surface area contributed by atoms with E-state index in [4.69, 9.17) is 0 Å². The van der Waals surface area contributed by atoms with Gasteiger partial charge < -0.3 is 0 Å². The third-order valence-corrected chi connectivity index (χ3v) is 2.61. The lowest BCUT2D eigenvalue weighted by atomic mass is 10.0. The fourth-order valence-corrected chi connectivity index (χ4v) is 1.88. The minimum atomic E-state index is 1.31. The molecule has 16 heavy (non-hydrogen) atoms. The van der Waals surface area contributed by atoms with E-state index in [0.717, 1.165) is 0 Å². The molecule has 0 saturated carbocycles. The quantitative estimate of drug-likeness (QED) is 0.340. The molecule has 0 spiro atoms. The van der Waals surface area contributed by atoms with Crippen molar-refractivity contribution in [2.24, 2.45) is 11.7 Å². The van der Waals surface area contributed by atoms with E-state index in [2.05, 4.69) is 72.3 Å². The summed E-state index contributed by atoms with van der Waals surface area (Å²) in [6, 6.07) is 21.4. The maximum absolute atomic E-state index is 4.00. The molecule has 2 heteroatoms. The monoisotopic (exact) mass is 210 g/mol. The summed E-state index contributed by atoms with van der Waals surface area (Å²) in [5.41, 5.74) is 0. The average Bonchev–Trinajstić information content (AvgIpc) is 2.38. The van der Waals surface area contributed by atoms with Crippen molar-refractivity contribution in [2.75, 3.05) is 0 Å². The predicted octanol–water partition coefficient (Wildman–Crippen LogP) is 2.81. The number of fused-ring (bicyclic) bond motifs is 2. The Kier molecular flexibility index (Phi) is 3.15. The van der Waals surface area contributed by atoms with Crippen molar-refractivity contribution in [3.8, 4) is 0 Å². The lowest BCUT2D eigenvalue weighted by Crippen LogP contribution is -2.02. The second-order valence-corrected chi connectivity index (χ2v) is 3.55. The highest BCUT2D eigenvalue weighted by Gasteiger charge is 1.95. The zero-order chi connectivity index (χ0) is 11.4. The van der Waals surface area contributed by atoms with Crippen LogP contribution in [0.1, 0.15) is 0 Å². The number of hydrogen-bond acceptors (Lipinski definition) is 2. The maximum Gasteiger partial charge on any atom is -0.0178 e. The fourth-order valence-electron chi connectivity index (χ4n) is 1.88. The lowest BCUT2D eigenvalue weighted by molar-refractivity contribution is 1.26. The Morgan fingerprint density at radius 2 is 0.750 bits per heavy atom. The molecule has 0 amide bonds. The van der Waals surface area contributed by atoms with Crippen LogP contribution < -0.4 is 11.7 Å². The molecule has 0 aliphatic heterocycles. The molecule has 0 atom stereocenters. The predicted molar refractivity (Wildman–Crippen MR) is 69.8 cm³/mol. The summed E-state index contributed by atoms with van der Waals surface area (Å²) in [5.74, 6) is 8.00. The van der Waals surface area contributed by atoms with Crippen molar-refractivity contribution in [1.29, 1.82) is 0 Å². The number of hydrogen-bond donors (Lipinski definition) is 2. The Bertz CT molecular complexity index is 497. The molecule has 3 rings (SSSR count). The summed E-state index contributed by atoms with van der Waals surface area (Å²) in [5, 5.41) is 5.25. The maximum atomic E-state index is 4.00. The van der Waals surface area contributed by atoms with Crippen molar-refractivity contribution < 1.29 is 0 Å². The van der Waals surface area contributed by atoms with Gasteiger partial charge in [-0.2, -0.15) is 0 Å². The van der Waals surface area contributed by atoms with Crippen LogP contribution >= 0.6 is 0 Å². The Hall–Kier alpha value is -1.90. The summed E-state index contributed by atoms with van der Waals surface area (Å²) < 4.78 is 0. The molecule has 4 N–H and O–H groups in total. The number of nitrogens with two attached hydrogens (primary N) is 2. The third kappa shape index (κ3) is 1.89. The topological polar surface area (TPSA) is 52.0 Å². The van der Waals surface area contributed by atoms with E-state index in [1.165, 1.54) is 21.5 Å². The van der Waals surface area contributed by atoms with Gasteiger partial charge in [-0.1, -0.05) is 48.5 Å². The van der Waals surface area contributed by atoms with Gasteiger partial charge in [0.2, 0.25) is 0 Å². The molecule has 2 nitrogen and oxygen atoms in total. The number of benzene rings is 3. The highest BCUT2D eigenvalue weighted by atomic mass is 15.0. The zero-order valence-corrected chi connectivity index (χ0v) is 8.93. The minimum Gasteiger partial charge on any atom is -0.274 e. The van der Waals surface area contributed by atoms with Crippen LogP contribution in [0.15, 0.2) is 60.7 Å². The van der Waals surface area contributed by atoms with Gasteiger partial charge in [-0.3, -0.25) is 11.7 Å². The van der Waals surface area contributed by atoms with Crippen LogP contribution in [0, 0.1) is 0 Å². The Balaban J connectivity index is 0.000000457. The van der Waals surface area contributed by atoms with Gasteiger partial charge in [-0.15, -0.1) is 0 Å². The fraction of sp³-hybridized carbons (Fsp3) is 0. The van der Waals surface area contributed by atoms with Crippen molar-refractivity contribution in [3.63, 3.8) is 0 Å². The van der Waals surface area contributed by atoms with Crippen LogP contribution in [0.2, 0.25) is 0 Å². The van der Waals surface area contributed by atoms with Crippen LogP contribution in [0.4, 0.5) is 0 Å². The van der Waals surface area contributed by atoms with Crippen LogP contribution in [0.3, 0.4) is 0 Å². The number of hydrazine groups is 1. The molecular formula is C14H14N2. The van der Waals surface area contributed by atoms with Gasteiger partial charge in [0.25, 0.3) is 0 Å². The molecule has 80 valence electrons. The molecule has 0 saturated heterocycles. The summed E-state index contributed by atoms with van der Waals surface area (Å²) in [7, 11) is 0. The summed E-state index contributed by atoms with van der Waals surface area (Å²) in [6.45, 7) is 0. The van der Waals surface area contributed by atoms with Crippen LogP contribution in [-0.4, -0.2) is 0 Å². The minimum absolute atomic E-state index is 1.31. The molecule has 3 aromatic carbocycles. The van der Waals surface area contributed by atoms with Gasteiger partial charge in [0.15, 0.2) is 0 Å². The van der Waals surface area contributed by atoms with E-state index in [-0.39, 0.29) is 0 Å². The zero-order valence-electron chi connectivity index (χ0n) is 8.93. The molecule has 0 aliphatic rings. The van der Waals surface area contributed by atoms with Crippen LogP contribution in [-0.2, 0) is 0 Å². The lowest BCUT2D eigenvalue weighted by Gasteiger charge is -2.00. The van der Waals surface area contributed by atoms with E-state index in [9.17, 15) is 0 Å². The van der Waals surface area contributed by atoms with Crippen molar-refractivity contribution in [3.05, 3.63) is 60.7 Å². The van der Waals surface area contributed by atoms with Gasteiger partial charge >= 0.3 is 0 Å². The first-order chi connectivity index (χ1) is 7.93. The Morgan fingerprint density at radius 3 is 1.00 bits per heavy atom. The Morgan fingerprint density at radius 1 is 0.500 bits per heavy atom. The standard InChI is InChI=1S/C14H10.H4N2/c1-2-6-12-10-14-8-4-3-7-13(14)9-11(12)5-1;1-2/h1-10H;1-2H2. The molecule has 0 unspecified atom stereocenters. The van der Waals surface area contributed by atoms with E-state index in [1.54, 1.807) is 0 Å². The molecule has 0 aromatic heterocycles. The van der Waals surface area contributed by atoms with Gasteiger partial charge in [0.1, 0.15) is 0 Å². The first-order valence-corrected chi connectivity index (χ1v) is 5.14. The smallest absolute Gasteiger partial charge is 0.0178 e. The molecule has 0 radical (unpaired) electrons. The summed E-state index contributed by atoms with van der Waals surface area (Å²) in [4.78, 5) is 0. The van der Waals surface area contributed by atoms with Gasteiger partial charge in [-0.25, -0.2) is 0 Å². The van der Waals surface area contributed by atoms with Crippen molar-refractivity contribution in [1.82, 2.24) is 0 Å². The van der Waals surface area contributed by atoms with Crippen LogP contribution in [0.25, 0.3) is 21.5 Å². The Labute approximate surface area is 94.5 Å². The SMILES string of the molecule is NN.c1ccc2cc3ccccc3cc2c1. The van der Waals surface area contributed by atoms with Crippen molar-refractivity contribution >= 4 is 21.5 Å². The van der Waals surface area contributed by atoms with Gasteiger partial charge in [-0.05, 0) is 33.7 Å². The molecule has 0 heterocycles. The second kappa shape index (κ2) is 4.75. The summed E-state index contributed by atoms with van der Waals surface area (Å²) >= 11 is 0. The summed E-state index contributed by atoms with van der Waals surface area (Å²) in [6.07, 6.45) is 0. The third-order valence-electron chi connectivity index (χ3n) is 2.61. The molecule has 0 aliphatic carbocycles. The highest BCUT2D eigenvalue weighted by Crippen LogP contribution is 2.21. The van der Waals surface area contributed by atoms with Crippen LogP contribution in [0.5, 0.6) is 0 Å². The van der Waals surface area contributed by atoms with E-state index < -0.39 is 0 Å². The highest BCUT2D eigenvalue weighted by molar-refractivity contribution is 5.97.